The molecule has 0 saturated carbocycles. The number of carbonyl (C=O) groups is 4. The van der Waals surface area contributed by atoms with Crippen LogP contribution < -0.4 is 36.8 Å². The first-order valence-electron chi connectivity index (χ1n) is 24.0. The Labute approximate surface area is 434 Å². The molecule has 0 aliphatic carbocycles. The van der Waals surface area contributed by atoms with Gasteiger partial charge < -0.3 is 92.4 Å². The van der Waals surface area contributed by atoms with Gasteiger partial charge in [-0.3, -0.25) is 34.3 Å². The van der Waals surface area contributed by atoms with Crippen LogP contribution in [0.4, 0.5) is 23.3 Å². The minimum Gasteiger partial charge on any atom is -0.505 e. The third-order valence-electron chi connectivity index (χ3n) is 12.4. The van der Waals surface area contributed by atoms with E-state index in [1.165, 1.54) is 34.1 Å². The molecule has 4 saturated heterocycles. The molecular weight excluding hydrogens is 1000 g/mol. The molecule has 4 fully saturated rings. The SMILES string of the molecule is Nc1cccc(C(=O)N2CCN(C3=NCCCN3)CC2C(O)O)c1O.O=C(O)C1CN(c2ncccn2)CCN1.O=C(O)C1CNCCN1.O=C(c1cccc([N+](=O)[O-])c1O)N1CCN(c2ncccn2)CC1C(O)O. The largest absolute Gasteiger partial charge is 0.505 e. The van der Waals surface area contributed by atoms with Gasteiger partial charge in [0, 0.05) is 122 Å². The molecule has 30 heteroatoms. The van der Waals surface area contributed by atoms with Crippen LogP contribution in [-0.4, -0.2) is 238 Å². The van der Waals surface area contributed by atoms with Gasteiger partial charge in [-0.15, -0.1) is 0 Å². The number of phenolic OH excluding ortho intramolecular Hbond substituents is 2. The second-order valence-electron chi connectivity index (χ2n) is 17.4. The number of nitro groups is 1. The summed E-state index contributed by atoms with van der Waals surface area (Å²) in [4.78, 5) is 85.6. The van der Waals surface area contributed by atoms with Gasteiger partial charge in [0.1, 0.15) is 24.2 Å². The summed E-state index contributed by atoms with van der Waals surface area (Å²) in [6.07, 6.45) is 3.79. The molecular formula is C46H62N16O14. The normalized spacial score (nSPS) is 20.6. The zero-order valence-corrected chi connectivity index (χ0v) is 41.0. The maximum atomic E-state index is 12.8. The van der Waals surface area contributed by atoms with Crippen molar-refractivity contribution in [3.05, 3.63) is 94.6 Å². The topological polar surface area (TPSA) is 428 Å². The number of carboxylic acid groups (broad SMARTS) is 2. The van der Waals surface area contributed by atoms with E-state index in [0.29, 0.717) is 44.6 Å². The van der Waals surface area contributed by atoms with Gasteiger partial charge in [-0.1, -0.05) is 12.1 Å². The number of para-hydroxylation sites is 2. The van der Waals surface area contributed by atoms with E-state index in [-0.39, 0.29) is 48.7 Å². The minimum absolute atomic E-state index is 0.0448. The second-order valence-corrected chi connectivity index (χ2v) is 17.4. The fourth-order valence-corrected chi connectivity index (χ4v) is 8.47. The van der Waals surface area contributed by atoms with Gasteiger partial charge in [-0.2, -0.15) is 0 Å². The van der Waals surface area contributed by atoms with Gasteiger partial charge >= 0.3 is 17.6 Å². The number of carbonyl (C=O) groups excluding carboxylic acids is 2. The predicted octanol–water partition coefficient (Wildman–Crippen LogP) is -3.54. The zero-order chi connectivity index (χ0) is 54.9. The van der Waals surface area contributed by atoms with Gasteiger partial charge in [-0.05, 0) is 36.8 Å². The van der Waals surface area contributed by atoms with Crippen molar-refractivity contribution < 1.29 is 65.0 Å². The van der Waals surface area contributed by atoms with E-state index >= 15 is 0 Å². The summed E-state index contributed by atoms with van der Waals surface area (Å²) in [6.45, 7) is 6.92. The number of piperazine rings is 4. The van der Waals surface area contributed by atoms with Crippen molar-refractivity contribution in [2.45, 2.75) is 43.2 Å². The molecule has 5 aliphatic heterocycles. The van der Waals surface area contributed by atoms with Crippen molar-refractivity contribution in [3.8, 4) is 11.5 Å². The van der Waals surface area contributed by atoms with E-state index in [2.05, 4.69) is 46.2 Å². The molecule has 2 amide bonds. The Morgan fingerprint density at radius 3 is 1.67 bits per heavy atom. The molecule has 0 spiro atoms. The summed E-state index contributed by atoms with van der Waals surface area (Å²) < 4.78 is 0. The number of hydrogen-bond acceptors (Lipinski definition) is 25. The smallest absolute Gasteiger partial charge is 0.322 e. The Balaban J connectivity index is 0.000000176. The number of aliphatic hydroxyl groups is 4. The number of carboxylic acids is 2. The lowest BCUT2D eigenvalue weighted by atomic mass is 10.1. The number of anilines is 3. The quantitative estimate of drug-likeness (QED) is 0.0254. The van der Waals surface area contributed by atoms with Crippen molar-refractivity contribution in [2.75, 3.05) is 107 Å². The van der Waals surface area contributed by atoms with Gasteiger partial charge in [0.2, 0.25) is 17.6 Å². The highest BCUT2D eigenvalue weighted by Gasteiger charge is 2.39. The molecule has 4 atom stereocenters. The molecule has 9 rings (SSSR count). The number of aliphatic carboxylic acids is 2. The number of nitrogens with two attached hydrogens (primary N) is 1. The number of rotatable bonds is 9. The zero-order valence-electron chi connectivity index (χ0n) is 41.0. The maximum absolute atomic E-state index is 12.8. The van der Waals surface area contributed by atoms with E-state index in [9.17, 15) is 59.9 Å². The number of guanidine groups is 1. The van der Waals surface area contributed by atoms with Crippen molar-refractivity contribution in [2.24, 2.45) is 4.99 Å². The fraction of sp³-hybridized carbons (Fsp3) is 0.457. The lowest BCUT2D eigenvalue weighted by molar-refractivity contribution is -0.385. The van der Waals surface area contributed by atoms with Crippen LogP contribution >= 0.6 is 0 Å². The third-order valence-corrected chi connectivity index (χ3v) is 12.4. The highest BCUT2D eigenvalue weighted by molar-refractivity contribution is 5.99. The number of aliphatic hydroxyl groups excluding tert-OH is 2. The molecule has 2 aromatic heterocycles. The van der Waals surface area contributed by atoms with Gasteiger partial charge in [0.05, 0.1) is 21.7 Å². The van der Waals surface area contributed by atoms with Gasteiger partial charge in [0.15, 0.2) is 24.3 Å². The van der Waals surface area contributed by atoms with E-state index in [0.717, 1.165) is 51.2 Å². The standard InChI is InChI=1S/C16H17N5O6.C16H23N5O4.C9H12N4O2.C5H10N2O2/c22-13-10(3-1-4-11(13)21(26)27)14(23)20-8-7-19(9-12(20)15(24)25)16-17-5-2-6-18-16;17-11-4-1-3-10(13(11)22)14(23)21-8-7-20(9-12(21)15(24)25)16-18-5-2-6-19-16;14-8(15)7-6-13(5-4-10-7)9-11-2-1-3-12-9;8-5(9)4-3-6-1-2-7-4/h1-6,12,15,22,24-25H,7-9H2;1,3-4,12,15,22,24-25H,2,5-9,17H2,(H,18,19);1-3,7,10H,4-6H2,(H,14,15);4,6-7H,1-3H2,(H,8,9). The first-order valence-corrected chi connectivity index (χ1v) is 24.0. The molecule has 14 N–H and O–H groups in total. The fourth-order valence-electron chi connectivity index (χ4n) is 8.47. The summed E-state index contributed by atoms with van der Waals surface area (Å²) in [7, 11) is 0. The van der Waals surface area contributed by atoms with Crippen LogP contribution in [-0.2, 0) is 9.59 Å². The van der Waals surface area contributed by atoms with Crippen LogP contribution in [0.2, 0.25) is 0 Å². The molecule has 76 heavy (non-hydrogen) atoms. The van der Waals surface area contributed by atoms with Crippen LogP contribution in [0, 0.1) is 10.1 Å². The van der Waals surface area contributed by atoms with Gasteiger partial charge in [0.25, 0.3) is 11.8 Å². The van der Waals surface area contributed by atoms with Crippen LogP contribution in [0.3, 0.4) is 0 Å². The maximum Gasteiger partial charge on any atom is 0.322 e. The molecule has 0 radical (unpaired) electrons. The van der Waals surface area contributed by atoms with Crippen LogP contribution in [0.25, 0.3) is 0 Å². The number of nitrogens with zero attached hydrogens (tertiary/aromatic N) is 11. The molecule has 4 unspecified atom stereocenters. The molecule has 2 aromatic carbocycles. The number of nitrogens with one attached hydrogen (secondary N) is 4. The Morgan fingerprint density at radius 2 is 1.17 bits per heavy atom. The van der Waals surface area contributed by atoms with Gasteiger partial charge in [-0.25, -0.2) is 19.9 Å². The van der Waals surface area contributed by atoms with Crippen LogP contribution in [0.5, 0.6) is 11.5 Å². The Hall–Kier alpha value is -8.13. The Morgan fingerprint density at radius 1 is 0.645 bits per heavy atom. The van der Waals surface area contributed by atoms with E-state index in [1.54, 1.807) is 47.9 Å². The van der Waals surface area contributed by atoms with E-state index < -0.39 is 76.9 Å². The molecule has 4 aromatic rings. The summed E-state index contributed by atoms with van der Waals surface area (Å²) in [5.41, 5.74) is 4.92. The minimum atomic E-state index is -1.86. The highest BCUT2D eigenvalue weighted by Crippen LogP contribution is 2.32. The molecule has 5 aliphatic rings. The van der Waals surface area contributed by atoms with Crippen molar-refractivity contribution in [1.82, 2.24) is 55.9 Å². The number of phenols is 2. The number of hydrogen-bond donors (Lipinski definition) is 13. The van der Waals surface area contributed by atoms with E-state index in [1.807, 2.05) is 9.80 Å². The number of aromatic hydroxyl groups is 2. The monoisotopic (exact) mass is 1060 g/mol. The van der Waals surface area contributed by atoms with Crippen LogP contribution in [0.15, 0.2) is 78.3 Å². The van der Waals surface area contributed by atoms with Crippen molar-refractivity contribution >= 4 is 53.0 Å². The number of aromatic nitrogens is 4. The average Bonchev–Trinajstić information content (AvgIpc) is 3.45. The second kappa shape index (κ2) is 27.4. The summed E-state index contributed by atoms with van der Waals surface area (Å²) >= 11 is 0. The highest BCUT2D eigenvalue weighted by atomic mass is 16.6. The summed E-state index contributed by atoms with van der Waals surface area (Å²) in [5.74, 6) is -2.19. The first-order chi connectivity index (χ1) is 36.5. The molecule has 410 valence electrons. The number of aliphatic imine (C=N–C) groups is 1. The van der Waals surface area contributed by atoms with Crippen molar-refractivity contribution in [1.29, 1.82) is 0 Å². The number of nitro benzene ring substituents is 1. The predicted molar refractivity (Wildman–Crippen MR) is 270 cm³/mol. The number of amides is 2. The summed E-state index contributed by atoms with van der Waals surface area (Å²) in [6, 6.07) is 8.72. The summed E-state index contributed by atoms with van der Waals surface area (Å²) in [5, 5.41) is 99.4. The molecule has 7 heterocycles. The number of nitrogen functional groups attached to an aromatic ring is 1. The Bertz CT molecular complexity index is 2620. The third kappa shape index (κ3) is 15.0. The average molecular weight is 1060 g/mol. The lowest BCUT2D eigenvalue weighted by Crippen LogP contribution is -2.62. The molecule has 30 nitrogen and oxygen atoms in total. The Kier molecular flexibility index (Phi) is 20.6. The van der Waals surface area contributed by atoms with Crippen LogP contribution in [0.1, 0.15) is 27.1 Å². The van der Waals surface area contributed by atoms with E-state index in [4.69, 9.17) is 15.9 Å². The van der Waals surface area contributed by atoms with Crippen molar-refractivity contribution in [3.63, 3.8) is 0 Å². The first kappa shape index (κ1) is 57.2. The molecule has 0 bridgehead atoms. The lowest BCUT2D eigenvalue weighted by Gasteiger charge is -2.43. The number of benzene rings is 2.